The van der Waals surface area contributed by atoms with E-state index in [1.54, 1.807) is 20.8 Å². The van der Waals surface area contributed by atoms with E-state index in [0.717, 1.165) is 32.1 Å². The maximum absolute atomic E-state index is 11.6. The lowest BCUT2D eigenvalue weighted by Gasteiger charge is -2.36. The molecule has 5 nitrogen and oxygen atoms in total. The highest BCUT2D eigenvalue weighted by Gasteiger charge is 2.35. The van der Waals surface area contributed by atoms with Crippen LogP contribution in [0.1, 0.15) is 73.1 Å². The zero-order valence-electron chi connectivity index (χ0n) is 14.1. The number of carbonyl (C=O) groups excluding carboxylic acids is 1. The molecule has 1 fully saturated rings. The number of amides is 1. The fraction of sp³-hybridized carbons (Fsp3) is 0.875. The summed E-state index contributed by atoms with van der Waals surface area (Å²) in [7, 11) is 0. The molecule has 0 atom stereocenters. The third kappa shape index (κ3) is 8.58. The quantitative estimate of drug-likeness (QED) is 0.824. The van der Waals surface area contributed by atoms with Gasteiger partial charge in [-0.15, -0.1) is 0 Å². The molecular weight excluding hydrogens is 270 g/mol. The zero-order valence-corrected chi connectivity index (χ0v) is 14.1. The minimum atomic E-state index is -0.798. The van der Waals surface area contributed by atoms with Gasteiger partial charge < -0.3 is 15.2 Å². The van der Waals surface area contributed by atoms with Gasteiger partial charge in [0.15, 0.2) is 0 Å². The second-order valence-electron chi connectivity index (χ2n) is 6.49. The molecule has 124 valence electrons. The summed E-state index contributed by atoms with van der Waals surface area (Å²) in [6.45, 7) is 9.80. The summed E-state index contributed by atoms with van der Waals surface area (Å²) in [4.78, 5) is 22.7. The smallest absolute Gasteiger partial charge is 0.407 e. The van der Waals surface area contributed by atoms with E-state index in [2.05, 4.69) is 5.32 Å². The van der Waals surface area contributed by atoms with Crippen molar-refractivity contribution in [2.24, 2.45) is 5.41 Å². The molecule has 1 saturated carbocycles. The second-order valence-corrected chi connectivity index (χ2v) is 6.49. The van der Waals surface area contributed by atoms with E-state index >= 15 is 0 Å². The predicted octanol–water partition coefficient (Wildman–Crippen LogP) is 3.96. The van der Waals surface area contributed by atoms with Crippen molar-refractivity contribution in [3.8, 4) is 0 Å². The Morgan fingerprint density at radius 1 is 1.14 bits per heavy atom. The number of aliphatic carboxylic acids is 1. The lowest BCUT2D eigenvalue weighted by atomic mass is 9.72. The molecule has 0 unspecified atom stereocenters. The highest BCUT2D eigenvalue weighted by atomic mass is 16.6. The Labute approximate surface area is 128 Å². The molecule has 1 rings (SSSR count). The number of carboxylic acids is 1. The van der Waals surface area contributed by atoms with Crippen LogP contribution in [-0.2, 0) is 9.53 Å². The molecule has 0 saturated heterocycles. The average molecular weight is 301 g/mol. The molecule has 21 heavy (non-hydrogen) atoms. The van der Waals surface area contributed by atoms with Gasteiger partial charge in [0.1, 0.15) is 5.60 Å². The first-order chi connectivity index (χ1) is 9.72. The number of hydrogen-bond acceptors (Lipinski definition) is 3. The molecule has 1 amide bonds. The third-order valence-corrected chi connectivity index (χ3v) is 3.45. The Morgan fingerprint density at radius 3 is 2.10 bits per heavy atom. The standard InChI is InChI=1S/C14H25NO4.C2H6/c1-13(2,3)19-12(18)15-10-14(9-11(16)17)7-5-4-6-8-14;1-2/h4-10H2,1-3H3,(H,15,18)(H,16,17);1-2H3. The van der Waals surface area contributed by atoms with Crippen LogP contribution < -0.4 is 5.32 Å². The van der Waals surface area contributed by atoms with Crippen LogP contribution in [-0.4, -0.2) is 29.3 Å². The molecule has 1 aliphatic rings. The van der Waals surface area contributed by atoms with Crippen LogP contribution in [0.4, 0.5) is 4.79 Å². The van der Waals surface area contributed by atoms with E-state index in [0.29, 0.717) is 6.54 Å². The minimum Gasteiger partial charge on any atom is -0.481 e. The lowest BCUT2D eigenvalue weighted by Crippen LogP contribution is -2.42. The highest BCUT2D eigenvalue weighted by Crippen LogP contribution is 2.38. The molecule has 0 bridgehead atoms. The normalized spacial score (nSPS) is 17.2. The van der Waals surface area contributed by atoms with Crippen LogP contribution in [0.2, 0.25) is 0 Å². The van der Waals surface area contributed by atoms with Crippen molar-refractivity contribution in [3.63, 3.8) is 0 Å². The summed E-state index contributed by atoms with van der Waals surface area (Å²) in [5.41, 5.74) is -0.836. The van der Waals surface area contributed by atoms with E-state index in [9.17, 15) is 9.59 Å². The summed E-state index contributed by atoms with van der Waals surface area (Å²) in [6, 6.07) is 0. The topological polar surface area (TPSA) is 75.6 Å². The fourth-order valence-corrected chi connectivity index (χ4v) is 2.61. The molecule has 0 aliphatic heterocycles. The van der Waals surface area contributed by atoms with Crippen molar-refractivity contribution in [1.29, 1.82) is 0 Å². The van der Waals surface area contributed by atoms with Gasteiger partial charge in [0.05, 0.1) is 6.42 Å². The Hall–Kier alpha value is -1.26. The predicted molar refractivity (Wildman–Crippen MR) is 83.4 cm³/mol. The van der Waals surface area contributed by atoms with Crippen LogP contribution in [0.15, 0.2) is 0 Å². The zero-order chi connectivity index (χ0) is 16.5. The molecule has 0 spiro atoms. The van der Waals surface area contributed by atoms with Gasteiger partial charge in [0.2, 0.25) is 0 Å². The fourth-order valence-electron chi connectivity index (χ4n) is 2.61. The molecule has 0 aromatic carbocycles. The summed E-state index contributed by atoms with van der Waals surface area (Å²) in [5.74, 6) is -0.798. The van der Waals surface area contributed by atoms with E-state index in [1.165, 1.54) is 0 Å². The first-order valence-electron chi connectivity index (χ1n) is 7.91. The highest BCUT2D eigenvalue weighted by molar-refractivity contribution is 5.69. The van der Waals surface area contributed by atoms with E-state index in [4.69, 9.17) is 9.84 Å². The van der Waals surface area contributed by atoms with Gasteiger partial charge in [-0.2, -0.15) is 0 Å². The van der Waals surface area contributed by atoms with Crippen molar-refractivity contribution in [2.75, 3.05) is 6.54 Å². The first kappa shape index (κ1) is 19.7. The number of nitrogens with one attached hydrogen (secondary N) is 1. The van der Waals surface area contributed by atoms with Crippen molar-refractivity contribution in [1.82, 2.24) is 5.32 Å². The van der Waals surface area contributed by atoms with Crippen molar-refractivity contribution >= 4 is 12.1 Å². The van der Waals surface area contributed by atoms with Crippen LogP contribution in [0, 0.1) is 5.41 Å². The van der Waals surface area contributed by atoms with Crippen LogP contribution in [0.3, 0.4) is 0 Å². The van der Waals surface area contributed by atoms with Gasteiger partial charge in [-0.1, -0.05) is 33.1 Å². The van der Waals surface area contributed by atoms with Crippen molar-refractivity contribution in [2.45, 2.75) is 78.7 Å². The average Bonchev–Trinajstić information content (AvgIpc) is 2.37. The van der Waals surface area contributed by atoms with Gasteiger partial charge in [-0.3, -0.25) is 4.79 Å². The van der Waals surface area contributed by atoms with Gasteiger partial charge >= 0.3 is 12.1 Å². The number of alkyl carbamates (subject to hydrolysis) is 1. The third-order valence-electron chi connectivity index (χ3n) is 3.45. The monoisotopic (exact) mass is 301 g/mol. The summed E-state index contributed by atoms with van der Waals surface area (Å²) >= 11 is 0. The Kier molecular flexibility index (Phi) is 8.37. The van der Waals surface area contributed by atoms with Crippen molar-refractivity contribution in [3.05, 3.63) is 0 Å². The minimum absolute atomic E-state index is 0.114. The maximum atomic E-state index is 11.6. The summed E-state index contributed by atoms with van der Waals surface area (Å²) < 4.78 is 5.18. The molecular formula is C16H31NO4. The first-order valence-corrected chi connectivity index (χ1v) is 7.91. The molecule has 0 aromatic rings. The largest absolute Gasteiger partial charge is 0.481 e. The van der Waals surface area contributed by atoms with Gasteiger partial charge in [0.25, 0.3) is 0 Å². The number of ether oxygens (including phenoxy) is 1. The molecule has 2 N–H and O–H groups in total. The number of carbonyl (C=O) groups is 2. The van der Waals surface area contributed by atoms with Gasteiger partial charge in [0, 0.05) is 6.54 Å². The Morgan fingerprint density at radius 2 is 1.67 bits per heavy atom. The van der Waals surface area contributed by atoms with Crippen molar-refractivity contribution < 1.29 is 19.4 Å². The Bertz CT molecular complexity index is 328. The molecule has 0 radical (unpaired) electrons. The lowest BCUT2D eigenvalue weighted by molar-refractivity contribution is -0.140. The number of carboxylic acid groups (broad SMARTS) is 1. The molecule has 0 aromatic heterocycles. The van der Waals surface area contributed by atoms with Gasteiger partial charge in [-0.25, -0.2) is 4.79 Å². The summed E-state index contributed by atoms with van der Waals surface area (Å²) in [5, 5.41) is 11.8. The second kappa shape index (κ2) is 8.90. The van der Waals surface area contributed by atoms with Crippen LogP contribution >= 0.6 is 0 Å². The Balaban J connectivity index is 0.00000191. The number of hydrogen-bond donors (Lipinski definition) is 2. The van der Waals surface area contributed by atoms with Crippen LogP contribution in [0.25, 0.3) is 0 Å². The van der Waals surface area contributed by atoms with E-state index in [-0.39, 0.29) is 11.8 Å². The van der Waals surface area contributed by atoms with Crippen LogP contribution in [0.5, 0.6) is 0 Å². The maximum Gasteiger partial charge on any atom is 0.407 e. The van der Waals surface area contributed by atoms with E-state index in [1.807, 2.05) is 13.8 Å². The molecule has 0 heterocycles. The molecule has 1 aliphatic carbocycles. The number of rotatable bonds is 4. The molecule has 5 heteroatoms. The summed E-state index contributed by atoms with van der Waals surface area (Å²) in [6.07, 6.45) is 4.57. The van der Waals surface area contributed by atoms with E-state index < -0.39 is 17.7 Å². The SMILES string of the molecule is CC.CC(C)(C)OC(=O)NCC1(CC(=O)O)CCCCC1. The van der Waals surface area contributed by atoms with Gasteiger partial charge in [-0.05, 0) is 39.0 Å².